The largest absolute Gasteiger partial charge is 0.487 e. The first-order valence-electron chi connectivity index (χ1n) is 12.4. The van der Waals surface area contributed by atoms with Crippen LogP contribution in [0.25, 0.3) is 0 Å². The maximum atomic E-state index is 13.3. The van der Waals surface area contributed by atoms with Gasteiger partial charge in [0, 0.05) is 24.9 Å². The summed E-state index contributed by atoms with van der Waals surface area (Å²) in [4.78, 5) is 26.2. The van der Waals surface area contributed by atoms with Crippen molar-refractivity contribution in [1.29, 1.82) is 0 Å². The van der Waals surface area contributed by atoms with Gasteiger partial charge in [-0.15, -0.1) is 0 Å². The SMILES string of the molecule is Cc1ccc(CN(CC(=O)O)C(=O)c2ccc3c(c2)C[C@@](C)(Cc2ccc(C(C)(C)C)cc2)O3)cc1. The van der Waals surface area contributed by atoms with Crippen molar-refractivity contribution in [2.75, 3.05) is 6.54 Å². The third-order valence-corrected chi connectivity index (χ3v) is 6.73. The zero-order valence-electron chi connectivity index (χ0n) is 21.8. The fourth-order valence-corrected chi connectivity index (χ4v) is 4.77. The van der Waals surface area contributed by atoms with Gasteiger partial charge in [0.1, 0.15) is 17.9 Å². The number of aryl methyl sites for hydroxylation is 1. The van der Waals surface area contributed by atoms with Gasteiger partial charge in [-0.05, 0) is 59.7 Å². The van der Waals surface area contributed by atoms with Gasteiger partial charge < -0.3 is 14.7 Å². The van der Waals surface area contributed by atoms with Crippen LogP contribution in [0, 0.1) is 6.92 Å². The van der Waals surface area contributed by atoms with Crippen LogP contribution >= 0.6 is 0 Å². The Morgan fingerprint density at radius 1 is 0.972 bits per heavy atom. The summed E-state index contributed by atoms with van der Waals surface area (Å²) in [6.07, 6.45) is 1.44. The van der Waals surface area contributed by atoms with Gasteiger partial charge in [0.15, 0.2) is 0 Å². The van der Waals surface area contributed by atoms with E-state index in [4.69, 9.17) is 4.74 Å². The third-order valence-electron chi connectivity index (χ3n) is 6.73. The van der Waals surface area contributed by atoms with Gasteiger partial charge in [-0.25, -0.2) is 0 Å². The number of ether oxygens (including phenoxy) is 1. The quantitative estimate of drug-likeness (QED) is 0.449. The van der Waals surface area contributed by atoms with Gasteiger partial charge in [0.2, 0.25) is 0 Å². The maximum absolute atomic E-state index is 13.3. The maximum Gasteiger partial charge on any atom is 0.323 e. The normalized spacial score (nSPS) is 16.8. The Morgan fingerprint density at radius 3 is 2.22 bits per heavy atom. The van der Waals surface area contributed by atoms with Crippen LogP contribution in [0.2, 0.25) is 0 Å². The first-order valence-corrected chi connectivity index (χ1v) is 12.4. The zero-order chi connectivity index (χ0) is 26.1. The highest BCUT2D eigenvalue weighted by atomic mass is 16.5. The third kappa shape index (κ3) is 5.96. The molecule has 0 radical (unpaired) electrons. The van der Waals surface area contributed by atoms with Gasteiger partial charge in [-0.2, -0.15) is 0 Å². The van der Waals surface area contributed by atoms with Crippen molar-refractivity contribution >= 4 is 11.9 Å². The Kier molecular flexibility index (Phi) is 6.94. The first kappa shape index (κ1) is 25.5. The van der Waals surface area contributed by atoms with E-state index in [-0.39, 0.29) is 24.4 Å². The molecule has 1 heterocycles. The van der Waals surface area contributed by atoms with E-state index in [1.54, 1.807) is 6.07 Å². The number of hydrogen-bond acceptors (Lipinski definition) is 3. The summed E-state index contributed by atoms with van der Waals surface area (Å²) in [6.45, 7) is 10.6. The Bertz CT molecular complexity index is 1260. The zero-order valence-corrected chi connectivity index (χ0v) is 21.8. The smallest absolute Gasteiger partial charge is 0.323 e. The predicted molar refractivity (Wildman–Crippen MR) is 142 cm³/mol. The molecular weight excluding hydrogens is 450 g/mol. The molecule has 5 nitrogen and oxygen atoms in total. The summed E-state index contributed by atoms with van der Waals surface area (Å²) < 4.78 is 6.34. The molecule has 1 aliphatic heterocycles. The van der Waals surface area contributed by atoms with Crippen LogP contribution in [0.4, 0.5) is 0 Å². The molecule has 0 spiro atoms. The van der Waals surface area contributed by atoms with Gasteiger partial charge in [-0.1, -0.05) is 74.9 Å². The molecule has 0 bridgehead atoms. The molecule has 0 unspecified atom stereocenters. The Hall–Kier alpha value is -3.60. The number of fused-ring (bicyclic) bond motifs is 1. The van der Waals surface area contributed by atoms with Crippen molar-refractivity contribution in [3.8, 4) is 5.75 Å². The molecule has 36 heavy (non-hydrogen) atoms. The highest BCUT2D eigenvalue weighted by Crippen LogP contribution is 2.38. The van der Waals surface area contributed by atoms with Gasteiger partial charge in [-0.3, -0.25) is 9.59 Å². The van der Waals surface area contributed by atoms with Crippen molar-refractivity contribution in [1.82, 2.24) is 4.90 Å². The second-order valence-electron chi connectivity index (χ2n) is 11.2. The highest BCUT2D eigenvalue weighted by Gasteiger charge is 2.35. The Morgan fingerprint density at radius 2 is 1.61 bits per heavy atom. The van der Waals surface area contributed by atoms with Crippen LogP contribution in [-0.4, -0.2) is 34.0 Å². The molecule has 1 N–H and O–H groups in total. The molecule has 3 aromatic rings. The van der Waals surface area contributed by atoms with E-state index >= 15 is 0 Å². The lowest BCUT2D eigenvalue weighted by atomic mass is 9.85. The number of amides is 1. The fourth-order valence-electron chi connectivity index (χ4n) is 4.77. The topological polar surface area (TPSA) is 66.8 Å². The van der Waals surface area contributed by atoms with E-state index in [0.717, 1.165) is 28.9 Å². The average Bonchev–Trinajstić information content (AvgIpc) is 3.13. The molecule has 3 aromatic carbocycles. The molecule has 1 amide bonds. The van der Waals surface area contributed by atoms with Gasteiger partial charge in [0.05, 0.1) is 0 Å². The minimum absolute atomic E-state index is 0.111. The Balaban J connectivity index is 1.50. The van der Waals surface area contributed by atoms with E-state index in [1.165, 1.54) is 16.0 Å². The lowest BCUT2D eigenvalue weighted by molar-refractivity contribution is -0.137. The van der Waals surface area contributed by atoms with Crippen molar-refractivity contribution in [3.63, 3.8) is 0 Å². The summed E-state index contributed by atoms with van der Waals surface area (Å²) >= 11 is 0. The predicted octanol–water partition coefficient (Wildman–Crippen LogP) is 5.96. The van der Waals surface area contributed by atoms with Gasteiger partial charge in [0.25, 0.3) is 5.91 Å². The van der Waals surface area contributed by atoms with Crippen LogP contribution in [0.15, 0.2) is 66.7 Å². The molecule has 4 rings (SSSR count). The summed E-state index contributed by atoms with van der Waals surface area (Å²) in [6, 6.07) is 21.9. The van der Waals surface area contributed by atoms with Crippen LogP contribution in [0.3, 0.4) is 0 Å². The number of carbonyl (C=O) groups is 2. The molecular formula is C31H35NO4. The second kappa shape index (κ2) is 9.81. The number of carboxylic acid groups (broad SMARTS) is 1. The summed E-state index contributed by atoms with van der Waals surface area (Å²) in [7, 11) is 0. The summed E-state index contributed by atoms with van der Waals surface area (Å²) in [5.41, 5.74) is 5.67. The standard InChI is InChI=1S/C31H35NO4/c1-21-6-8-23(9-7-21)19-32(20-28(33)34)29(35)24-12-15-27-25(16-24)18-31(5,36-27)17-22-10-13-26(14-11-22)30(2,3)4/h6-16H,17-20H2,1-5H3,(H,33,34)/t31-/m1/s1. The van der Waals surface area contributed by atoms with E-state index in [9.17, 15) is 14.7 Å². The fraction of sp³-hybridized carbons (Fsp3) is 0.355. The number of nitrogens with zero attached hydrogens (tertiary/aromatic N) is 1. The van der Waals surface area contributed by atoms with Crippen LogP contribution in [0.1, 0.15) is 65.9 Å². The number of hydrogen-bond donors (Lipinski definition) is 1. The number of carbonyl (C=O) groups excluding carboxylic acids is 1. The molecule has 1 aliphatic rings. The molecule has 0 saturated carbocycles. The van der Waals surface area contributed by atoms with E-state index in [1.807, 2.05) is 43.3 Å². The minimum Gasteiger partial charge on any atom is -0.487 e. The molecule has 0 aromatic heterocycles. The molecule has 1 atom stereocenters. The average molecular weight is 486 g/mol. The summed E-state index contributed by atoms with van der Waals surface area (Å²) in [5, 5.41) is 9.41. The van der Waals surface area contributed by atoms with Crippen molar-refractivity contribution in [2.45, 2.75) is 65.0 Å². The number of benzene rings is 3. The van der Waals surface area contributed by atoms with Crippen molar-refractivity contribution in [3.05, 3.63) is 100 Å². The van der Waals surface area contributed by atoms with Crippen LogP contribution in [0.5, 0.6) is 5.75 Å². The minimum atomic E-state index is -1.04. The molecule has 0 aliphatic carbocycles. The van der Waals surface area contributed by atoms with Crippen molar-refractivity contribution in [2.24, 2.45) is 0 Å². The molecule has 5 heteroatoms. The lowest BCUT2D eigenvalue weighted by Crippen LogP contribution is -2.35. The van der Waals surface area contributed by atoms with Crippen LogP contribution < -0.4 is 4.74 Å². The number of carboxylic acids is 1. The van der Waals surface area contributed by atoms with E-state index in [2.05, 4.69) is 52.0 Å². The number of aliphatic carboxylic acids is 1. The monoisotopic (exact) mass is 485 g/mol. The second-order valence-corrected chi connectivity index (χ2v) is 11.2. The molecule has 0 saturated heterocycles. The van der Waals surface area contributed by atoms with Crippen molar-refractivity contribution < 1.29 is 19.4 Å². The van der Waals surface area contributed by atoms with E-state index in [0.29, 0.717) is 12.0 Å². The first-order chi connectivity index (χ1) is 16.9. The molecule has 0 fully saturated rings. The Labute approximate surface area is 213 Å². The van der Waals surface area contributed by atoms with Crippen LogP contribution in [-0.2, 0) is 29.6 Å². The lowest BCUT2D eigenvalue weighted by Gasteiger charge is -2.25. The molecule has 188 valence electrons. The van der Waals surface area contributed by atoms with E-state index < -0.39 is 11.6 Å². The summed E-state index contributed by atoms with van der Waals surface area (Å²) in [5.74, 6) is -0.555. The highest BCUT2D eigenvalue weighted by molar-refractivity contribution is 5.96. The number of rotatable bonds is 7. The van der Waals surface area contributed by atoms with Gasteiger partial charge >= 0.3 is 5.97 Å².